The van der Waals surface area contributed by atoms with Crippen molar-refractivity contribution in [1.82, 2.24) is 30.2 Å². The fourth-order valence-electron chi connectivity index (χ4n) is 7.50. The Morgan fingerprint density at radius 1 is 0.886 bits per heavy atom. The van der Waals surface area contributed by atoms with Gasteiger partial charge in [-0.15, -0.1) is 0 Å². The molecule has 3 heterocycles. The van der Waals surface area contributed by atoms with Gasteiger partial charge in [0.2, 0.25) is 16.9 Å². The minimum Gasteiger partial charge on any atom is -0.790 e. The number of nitrogens with zero attached hydrogens (tertiary/aromatic N) is 4. The molecule has 25 nitrogen and oxygen atoms in total. The number of amides is 2. The zero-order valence-electron chi connectivity index (χ0n) is 40.6. The van der Waals surface area contributed by atoms with Crippen molar-refractivity contribution in [2.24, 2.45) is 29.1 Å². The average Bonchev–Trinajstić information content (AvgIpc) is 3.82. The highest BCUT2D eigenvalue weighted by atomic mass is 32.2. The highest BCUT2D eigenvalue weighted by molar-refractivity contribution is 8.13. The van der Waals surface area contributed by atoms with E-state index in [-0.39, 0.29) is 53.3 Å². The number of aromatic nitrogens is 4. The van der Waals surface area contributed by atoms with Crippen LogP contribution in [0.15, 0.2) is 12.7 Å². The molecule has 0 radical (unpaired) electrons. The van der Waals surface area contributed by atoms with E-state index < -0.39 is 90.7 Å². The average molecular weight is 1070 g/mol. The van der Waals surface area contributed by atoms with Gasteiger partial charge >= 0.3 is 0 Å². The first-order valence-electron chi connectivity index (χ1n) is 23.2. The summed E-state index contributed by atoms with van der Waals surface area (Å²) in [4.78, 5) is 97.5. The van der Waals surface area contributed by atoms with E-state index >= 15 is 0 Å². The third-order valence-corrected chi connectivity index (χ3v) is 15.7. The smallest absolute Gasteiger partial charge is 0.274 e. The summed E-state index contributed by atoms with van der Waals surface area (Å²) >= 11 is 0.905. The number of aliphatic hydroxyl groups excluding tert-OH is 3. The van der Waals surface area contributed by atoms with Crippen LogP contribution < -0.4 is 35.9 Å². The lowest BCUT2D eigenvalue weighted by Crippen LogP contribution is -2.46. The summed E-state index contributed by atoms with van der Waals surface area (Å²) in [5.74, 6) is 0.431. The Kier molecular flexibility index (Phi) is 25.0. The molecule has 7 N–H and O–H groups in total. The molecule has 3 rings (SSSR count). The quantitative estimate of drug-likeness (QED) is 0.0436. The molecule has 1 fully saturated rings. The van der Waals surface area contributed by atoms with Crippen molar-refractivity contribution < 1.29 is 85.6 Å². The van der Waals surface area contributed by atoms with Gasteiger partial charge < -0.3 is 74.1 Å². The number of anilines is 1. The van der Waals surface area contributed by atoms with Crippen molar-refractivity contribution in [2.45, 2.75) is 149 Å². The lowest BCUT2D eigenvalue weighted by molar-refractivity contribution is -0.347. The van der Waals surface area contributed by atoms with E-state index in [2.05, 4.69) is 71.2 Å². The van der Waals surface area contributed by atoms with Gasteiger partial charge in [0, 0.05) is 30.7 Å². The monoisotopic (exact) mass is 1070 g/mol. The number of rotatable bonds is 33. The SMILES string of the molecule is CC(C)CCCC(C)CCCC(C)CCCC(C)C(O)C(=O)SCCNC(=O)CCNC(=O)[C@H](O)C(C)(C)COP(=O)([O-])OP(=O)([O-])OC[C@H]1O[C@@H](n2cnc3c(N)ncnc32)[C@H](O)[C@@H]1OP(=O)([O-])[O-]. The highest BCUT2D eigenvalue weighted by Gasteiger charge is 2.47. The van der Waals surface area contributed by atoms with Crippen LogP contribution in [0.4, 0.5) is 5.82 Å². The number of nitrogens with one attached hydrogen (secondary N) is 2. The molecule has 70 heavy (non-hydrogen) atoms. The standard InChI is InChI=1S/C41H74N7O18P3S/c1-25(2)11-8-12-26(3)13-9-14-27(4)15-10-16-28(5)32(50)40(54)70-20-19-43-30(49)17-18-44-38(53)35(52)41(6,7)22-63-69(60,61)66-68(58,59)62-21-29-34(65-67(55,56)57)33(51)39(64-29)48-24-47-31-36(42)45-23-46-37(31)48/h23-29,32-35,39,50-52H,8-22H2,1-7H3,(H,43,49)(H,44,53)(H,58,59)(H,60,61)(H2,42,45,46)(H2,55,56,57)/p-4/t26?,27?,28?,29-,32?,33-,34-,35+,39-/m1/s1. The van der Waals surface area contributed by atoms with Gasteiger partial charge in [-0.1, -0.05) is 112 Å². The van der Waals surface area contributed by atoms with Gasteiger partial charge in [-0.2, -0.15) is 0 Å². The molecule has 6 unspecified atom stereocenters. The molecule has 2 aromatic heterocycles. The van der Waals surface area contributed by atoms with Crippen LogP contribution in [0.25, 0.3) is 11.2 Å². The van der Waals surface area contributed by atoms with E-state index in [1.54, 1.807) is 0 Å². The summed E-state index contributed by atoms with van der Waals surface area (Å²) in [5, 5.41) is 36.6. The Labute approximate surface area is 412 Å². The number of imidazole rings is 1. The Bertz CT molecular complexity index is 2130. The van der Waals surface area contributed by atoms with Gasteiger partial charge in [0.05, 0.1) is 27.4 Å². The maximum atomic E-state index is 12.7. The second-order valence-electron chi connectivity index (χ2n) is 19.0. The number of phosphoric ester groups is 3. The predicted octanol–water partition coefficient (Wildman–Crippen LogP) is 1.57. The van der Waals surface area contributed by atoms with Crippen molar-refractivity contribution in [1.29, 1.82) is 0 Å². The topological polar surface area (TPSA) is 395 Å². The zero-order chi connectivity index (χ0) is 52.6. The maximum Gasteiger partial charge on any atom is 0.274 e. The predicted molar refractivity (Wildman–Crippen MR) is 248 cm³/mol. The van der Waals surface area contributed by atoms with Gasteiger partial charge in [-0.3, -0.25) is 28.1 Å². The largest absolute Gasteiger partial charge is 0.790 e. The molecular weight excluding hydrogens is 1000 g/mol. The lowest BCUT2D eigenvalue weighted by atomic mass is 9.87. The van der Waals surface area contributed by atoms with Crippen molar-refractivity contribution in [3.63, 3.8) is 0 Å². The first-order valence-corrected chi connectivity index (χ1v) is 28.6. The van der Waals surface area contributed by atoms with Crippen LogP contribution in [0.1, 0.15) is 119 Å². The summed E-state index contributed by atoms with van der Waals surface area (Å²) in [6, 6.07) is 0. The van der Waals surface area contributed by atoms with Crippen LogP contribution in [-0.2, 0) is 50.7 Å². The Balaban J connectivity index is 1.34. The number of ether oxygens (including phenoxy) is 1. The third-order valence-electron chi connectivity index (χ3n) is 11.7. The Morgan fingerprint density at radius 3 is 2.10 bits per heavy atom. The molecule has 29 heteroatoms. The molecule has 0 bridgehead atoms. The van der Waals surface area contributed by atoms with Crippen LogP contribution in [0.5, 0.6) is 0 Å². The van der Waals surface area contributed by atoms with Gasteiger partial charge in [-0.05, 0) is 30.1 Å². The number of nitrogen functional groups attached to an aromatic ring is 1. The number of hydrogen-bond donors (Lipinski definition) is 6. The molecule has 0 spiro atoms. The lowest BCUT2D eigenvalue weighted by Gasteiger charge is -2.36. The third kappa shape index (κ3) is 21.2. The number of carbonyl (C=O) groups excluding carboxylic acids is 3. The summed E-state index contributed by atoms with van der Waals surface area (Å²) < 4.78 is 60.9. The van der Waals surface area contributed by atoms with E-state index in [4.69, 9.17) is 10.5 Å². The molecule has 11 atom stereocenters. The molecule has 2 amide bonds. The number of carbonyl (C=O) groups is 3. The molecule has 0 aromatic carbocycles. The highest BCUT2D eigenvalue weighted by Crippen LogP contribution is 2.56. The van der Waals surface area contributed by atoms with E-state index in [9.17, 15) is 63.0 Å². The number of aliphatic hydroxyl groups is 3. The number of nitrogens with two attached hydrogens (primary N) is 1. The summed E-state index contributed by atoms with van der Waals surface area (Å²) in [5.41, 5.74) is 4.06. The zero-order valence-corrected chi connectivity index (χ0v) is 44.1. The van der Waals surface area contributed by atoms with Crippen LogP contribution in [0.2, 0.25) is 0 Å². The molecule has 1 saturated heterocycles. The van der Waals surface area contributed by atoms with Gasteiger partial charge in [0.25, 0.3) is 15.6 Å². The first-order chi connectivity index (χ1) is 32.5. The first kappa shape index (κ1) is 61.8. The minimum absolute atomic E-state index is 0.0248. The van der Waals surface area contributed by atoms with Crippen molar-refractivity contribution in [2.75, 3.05) is 37.8 Å². The van der Waals surface area contributed by atoms with Crippen molar-refractivity contribution >= 4 is 69.1 Å². The molecule has 0 aliphatic carbocycles. The summed E-state index contributed by atoms with van der Waals surface area (Å²) in [7, 11) is -17.7. The van der Waals surface area contributed by atoms with Crippen molar-refractivity contribution in [3.8, 4) is 0 Å². The number of fused-ring (bicyclic) bond motifs is 1. The van der Waals surface area contributed by atoms with E-state index in [1.807, 2.05) is 6.92 Å². The van der Waals surface area contributed by atoms with Crippen LogP contribution in [0.3, 0.4) is 0 Å². The van der Waals surface area contributed by atoms with Gasteiger partial charge in [-0.25, -0.2) is 19.3 Å². The fraction of sp³-hybridized carbons (Fsp3) is 0.805. The normalized spacial score (nSPS) is 21.7. The molecule has 2 aromatic rings. The van der Waals surface area contributed by atoms with Crippen molar-refractivity contribution in [3.05, 3.63) is 12.7 Å². The minimum atomic E-state index is -5.94. The summed E-state index contributed by atoms with van der Waals surface area (Å²) in [6.07, 6.45) is 1.29. The van der Waals surface area contributed by atoms with Gasteiger partial charge in [0.15, 0.2) is 17.7 Å². The molecule has 1 aliphatic rings. The second-order valence-corrected chi connectivity index (χ2v) is 24.1. The fourth-order valence-corrected chi connectivity index (χ4v) is 11.0. The summed E-state index contributed by atoms with van der Waals surface area (Å²) in [6.45, 7) is 10.9. The molecule has 402 valence electrons. The Morgan fingerprint density at radius 2 is 1.49 bits per heavy atom. The van der Waals surface area contributed by atoms with E-state index in [0.717, 1.165) is 60.1 Å². The van der Waals surface area contributed by atoms with Crippen LogP contribution in [0, 0.1) is 29.1 Å². The van der Waals surface area contributed by atoms with Crippen LogP contribution in [-0.4, -0.2) is 114 Å². The molecular formula is C41H70N7O18P3S-4. The Hall–Kier alpha value is -2.48. The molecule has 1 aliphatic heterocycles. The van der Waals surface area contributed by atoms with E-state index in [0.29, 0.717) is 5.92 Å². The van der Waals surface area contributed by atoms with E-state index in [1.165, 1.54) is 52.4 Å². The second kappa shape index (κ2) is 28.3. The molecule has 0 saturated carbocycles. The number of hydrogen-bond acceptors (Lipinski definition) is 23. The van der Waals surface area contributed by atoms with Crippen LogP contribution >= 0.6 is 35.2 Å². The number of thioether (sulfide) groups is 1. The van der Waals surface area contributed by atoms with Gasteiger partial charge in [0.1, 0.15) is 42.4 Å². The number of phosphoric acid groups is 3. The maximum absolute atomic E-state index is 12.7.